The minimum atomic E-state index is -0.763. The maximum Gasteiger partial charge on any atom is 0.245 e. The van der Waals surface area contributed by atoms with Gasteiger partial charge < -0.3 is 26.2 Å². The first-order valence-electron chi connectivity index (χ1n) is 16.2. The second-order valence-electron chi connectivity index (χ2n) is 14.6. The number of likely N-dealkylation sites (tertiary alicyclic amines) is 2. The Kier molecular flexibility index (Phi) is 11.6. The fourth-order valence-corrected chi connectivity index (χ4v) is 6.96. The highest BCUT2D eigenvalue weighted by atomic mass is 16.2. The maximum absolute atomic E-state index is 14.3. The van der Waals surface area contributed by atoms with Crippen LogP contribution < -0.4 is 16.4 Å². The highest BCUT2D eigenvalue weighted by molar-refractivity contribution is 5.91. The molecule has 1 aromatic carbocycles. The molecule has 0 spiro atoms. The highest BCUT2D eigenvalue weighted by Crippen LogP contribution is 2.30. The first-order chi connectivity index (χ1) is 20.5. The van der Waals surface area contributed by atoms with Gasteiger partial charge in [-0.3, -0.25) is 24.1 Å². The number of carbonyl (C=O) groups excluding carboxylic acids is 4. The Morgan fingerprint density at radius 2 is 1.55 bits per heavy atom. The van der Waals surface area contributed by atoms with Gasteiger partial charge >= 0.3 is 0 Å². The molecule has 246 valence electrons. The van der Waals surface area contributed by atoms with Crippen LogP contribution >= 0.6 is 0 Å². The summed E-state index contributed by atoms with van der Waals surface area (Å²) in [4.78, 5) is 59.3. The van der Waals surface area contributed by atoms with Gasteiger partial charge in [-0.25, -0.2) is 0 Å². The van der Waals surface area contributed by atoms with Crippen molar-refractivity contribution in [1.82, 2.24) is 25.3 Å². The second kappa shape index (κ2) is 14.4. The summed E-state index contributed by atoms with van der Waals surface area (Å²) in [6.07, 6.45) is 2.97. The van der Waals surface area contributed by atoms with Crippen molar-refractivity contribution < 1.29 is 19.2 Å². The molecule has 10 nitrogen and oxygen atoms in total. The van der Waals surface area contributed by atoms with Gasteiger partial charge in [0.2, 0.25) is 23.6 Å². The van der Waals surface area contributed by atoms with Gasteiger partial charge in [-0.05, 0) is 56.2 Å². The molecule has 4 N–H and O–H groups in total. The van der Waals surface area contributed by atoms with E-state index in [1.54, 1.807) is 23.9 Å². The van der Waals surface area contributed by atoms with Gasteiger partial charge in [0.05, 0.1) is 12.1 Å². The first kappa shape index (κ1) is 35.5. The lowest BCUT2D eigenvalue weighted by Gasteiger charge is -2.41. The number of nitrogens with zero attached hydrogens (tertiary/aromatic N) is 3. The van der Waals surface area contributed by atoms with E-state index in [1.807, 2.05) is 65.0 Å². The van der Waals surface area contributed by atoms with Crippen molar-refractivity contribution in [2.45, 2.75) is 110 Å². The summed E-state index contributed by atoms with van der Waals surface area (Å²) in [6, 6.07) is 7.50. The minimum absolute atomic E-state index is 0.0424. The van der Waals surface area contributed by atoms with Crippen LogP contribution in [0.25, 0.3) is 0 Å². The minimum Gasteiger partial charge on any atom is -0.368 e. The lowest BCUT2D eigenvalue weighted by Crippen LogP contribution is -2.62. The van der Waals surface area contributed by atoms with E-state index < -0.39 is 34.9 Å². The van der Waals surface area contributed by atoms with E-state index in [9.17, 15) is 19.2 Å². The molecule has 3 rings (SSSR count). The topological polar surface area (TPSA) is 128 Å². The summed E-state index contributed by atoms with van der Waals surface area (Å²) in [7, 11) is 3.57. The van der Waals surface area contributed by atoms with Crippen LogP contribution in [0.2, 0.25) is 0 Å². The molecule has 5 atom stereocenters. The number of rotatable bonds is 12. The van der Waals surface area contributed by atoms with Gasteiger partial charge in [-0.1, -0.05) is 78.8 Å². The fourth-order valence-electron chi connectivity index (χ4n) is 6.96. The molecule has 2 fully saturated rings. The molecule has 0 saturated carbocycles. The van der Waals surface area contributed by atoms with Crippen LogP contribution in [0.1, 0.15) is 79.7 Å². The van der Waals surface area contributed by atoms with Gasteiger partial charge in [0.25, 0.3) is 0 Å². The van der Waals surface area contributed by atoms with Gasteiger partial charge in [-0.2, -0.15) is 0 Å². The van der Waals surface area contributed by atoms with Crippen molar-refractivity contribution in [3.05, 3.63) is 35.9 Å². The predicted octanol–water partition coefficient (Wildman–Crippen LogP) is 2.51. The van der Waals surface area contributed by atoms with Crippen molar-refractivity contribution in [2.24, 2.45) is 17.1 Å². The Morgan fingerprint density at radius 3 is 2.09 bits per heavy atom. The fraction of sp³-hybridized carbons (Fsp3) is 0.706. The van der Waals surface area contributed by atoms with E-state index >= 15 is 0 Å². The summed E-state index contributed by atoms with van der Waals surface area (Å²) in [5.74, 6) is -0.784. The Balaban J connectivity index is 1.79. The van der Waals surface area contributed by atoms with Crippen LogP contribution in [0.4, 0.5) is 0 Å². The van der Waals surface area contributed by atoms with Crippen molar-refractivity contribution in [2.75, 3.05) is 33.7 Å². The average Bonchev–Trinajstić information content (AvgIpc) is 3.64. The van der Waals surface area contributed by atoms with Crippen molar-refractivity contribution in [1.29, 1.82) is 0 Å². The van der Waals surface area contributed by atoms with Crippen molar-refractivity contribution in [3.63, 3.8) is 0 Å². The number of amides is 4. The molecular weight excluding hydrogens is 556 g/mol. The van der Waals surface area contributed by atoms with E-state index in [4.69, 9.17) is 5.73 Å². The third-order valence-electron chi connectivity index (χ3n) is 9.74. The Morgan fingerprint density at radius 1 is 0.955 bits per heavy atom. The highest BCUT2D eigenvalue weighted by Gasteiger charge is 2.44. The molecule has 4 amide bonds. The summed E-state index contributed by atoms with van der Waals surface area (Å²) in [5, 5.41) is 6.32. The molecule has 2 saturated heterocycles. The molecule has 0 aromatic heterocycles. The summed E-state index contributed by atoms with van der Waals surface area (Å²) in [5.41, 5.74) is 5.55. The number of benzene rings is 1. The van der Waals surface area contributed by atoms with E-state index in [0.717, 1.165) is 24.9 Å². The molecule has 0 radical (unpaired) electrons. The summed E-state index contributed by atoms with van der Waals surface area (Å²) in [6.45, 7) is 15.9. The lowest BCUT2D eigenvalue weighted by molar-refractivity contribution is -0.143. The monoisotopic (exact) mass is 612 g/mol. The van der Waals surface area contributed by atoms with Crippen LogP contribution in [0.15, 0.2) is 30.3 Å². The molecule has 0 aliphatic carbocycles. The van der Waals surface area contributed by atoms with Crippen LogP contribution in [0.5, 0.6) is 0 Å². The van der Waals surface area contributed by atoms with Gasteiger partial charge in [0, 0.05) is 31.6 Å². The summed E-state index contributed by atoms with van der Waals surface area (Å²) >= 11 is 0. The second-order valence-corrected chi connectivity index (χ2v) is 14.6. The molecule has 2 aliphatic heterocycles. The van der Waals surface area contributed by atoms with Crippen LogP contribution in [0.3, 0.4) is 0 Å². The van der Waals surface area contributed by atoms with E-state index in [0.29, 0.717) is 25.9 Å². The van der Waals surface area contributed by atoms with Crippen LogP contribution in [-0.4, -0.2) is 102 Å². The number of primary amides is 1. The average molecular weight is 613 g/mol. The predicted molar refractivity (Wildman–Crippen MR) is 174 cm³/mol. The zero-order chi connectivity index (χ0) is 33.0. The molecule has 2 aliphatic rings. The van der Waals surface area contributed by atoms with Crippen molar-refractivity contribution in [3.8, 4) is 0 Å². The lowest BCUT2D eigenvalue weighted by atomic mass is 9.76. The van der Waals surface area contributed by atoms with E-state index in [1.165, 1.54) is 0 Å². The molecule has 0 bridgehead atoms. The van der Waals surface area contributed by atoms with Gasteiger partial charge in [0.1, 0.15) is 12.1 Å². The molecule has 1 aromatic rings. The molecular formula is C34H56N6O4. The Labute approximate surface area is 264 Å². The zero-order valence-corrected chi connectivity index (χ0v) is 28.4. The maximum atomic E-state index is 14.3. The largest absolute Gasteiger partial charge is 0.368 e. The van der Waals surface area contributed by atoms with Gasteiger partial charge in [-0.15, -0.1) is 0 Å². The zero-order valence-electron chi connectivity index (χ0n) is 28.4. The van der Waals surface area contributed by atoms with E-state index in [2.05, 4.69) is 29.4 Å². The van der Waals surface area contributed by atoms with Gasteiger partial charge in [0.15, 0.2) is 0 Å². The number of nitrogens with one attached hydrogen (secondary N) is 2. The number of likely N-dealkylation sites (N-methyl/N-ethyl adjacent to an activating group) is 2. The summed E-state index contributed by atoms with van der Waals surface area (Å²) < 4.78 is 0. The number of hydrogen-bond donors (Lipinski definition) is 3. The SMILES string of the molecule is CN[C@H](C(=O)N[C@H](C(=O)N(C)[C@H](CN1CCC[C@H]1C(=O)N1CCC[C@H]1C(N)=O)C(C)C)C(C)(C)C)C(C)(C)c1ccccc1. The van der Waals surface area contributed by atoms with Crippen LogP contribution in [0, 0.1) is 11.3 Å². The number of nitrogens with two attached hydrogens (primary N) is 1. The smallest absolute Gasteiger partial charge is 0.245 e. The van der Waals surface area contributed by atoms with E-state index in [-0.39, 0.29) is 35.7 Å². The van der Waals surface area contributed by atoms with Crippen molar-refractivity contribution >= 4 is 23.6 Å². The Bertz CT molecular complexity index is 1160. The quantitative estimate of drug-likeness (QED) is 0.333. The standard InChI is InChI=1S/C34H56N6O4/c1-22(2)26(21-39-19-13-18-25(39)31(43)40-20-14-17-24(40)29(35)41)38(9)32(44)28(33(3,4)5)37-30(42)27(36-8)34(6,7)23-15-11-10-12-16-23/h10-12,15-16,22,24-28,36H,13-14,17-21H2,1-9H3,(H2,35,41)(H,37,42)/t24-,25-,26+,27+,28+/m0/s1. The first-order valence-corrected chi connectivity index (χ1v) is 16.2. The van der Waals surface area contributed by atoms with Crippen LogP contribution in [-0.2, 0) is 24.6 Å². The number of carbonyl (C=O) groups is 4. The molecule has 0 unspecified atom stereocenters. The Hall–Kier alpha value is -2.98. The third-order valence-corrected chi connectivity index (χ3v) is 9.74. The molecule has 2 heterocycles. The number of hydrogen-bond acceptors (Lipinski definition) is 6. The molecule has 10 heteroatoms. The molecule has 44 heavy (non-hydrogen) atoms. The normalized spacial score (nSPS) is 21.6. The third kappa shape index (κ3) is 7.80.